The number of aromatic nitrogens is 3. The van der Waals surface area contributed by atoms with Gasteiger partial charge in [0, 0.05) is 32.7 Å². The largest absolute Gasteiger partial charge is 0.383 e. The quantitative estimate of drug-likeness (QED) is 0.608. The molecule has 2 heterocycles. The van der Waals surface area contributed by atoms with Crippen LogP contribution in [0.5, 0.6) is 0 Å². The second kappa shape index (κ2) is 8.73. The first-order valence-electron chi connectivity index (χ1n) is 8.19. The Labute approximate surface area is 132 Å². The van der Waals surface area contributed by atoms with Crippen LogP contribution in [0, 0.1) is 0 Å². The summed E-state index contributed by atoms with van der Waals surface area (Å²) < 4.78 is 7.38. The van der Waals surface area contributed by atoms with E-state index in [2.05, 4.69) is 44.2 Å². The Bertz CT molecular complexity index is 484. The van der Waals surface area contributed by atoms with E-state index in [0.29, 0.717) is 13.2 Å². The molecule has 0 spiro atoms. The number of fused-ring (bicyclic) bond motifs is 1. The number of ether oxygens (including phenoxy) is 1. The van der Waals surface area contributed by atoms with Gasteiger partial charge in [0.1, 0.15) is 12.4 Å². The van der Waals surface area contributed by atoms with E-state index >= 15 is 0 Å². The van der Waals surface area contributed by atoms with E-state index in [1.165, 1.54) is 19.3 Å². The number of methoxy groups -OCH3 is 1. The van der Waals surface area contributed by atoms with Crippen LogP contribution >= 0.6 is 0 Å². The van der Waals surface area contributed by atoms with Crippen molar-refractivity contribution in [2.45, 2.75) is 58.7 Å². The molecule has 1 atom stereocenters. The maximum atomic E-state index is 5.15. The molecule has 1 aromatic rings. The highest BCUT2D eigenvalue weighted by atomic mass is 16.5. The van der Waals surface area contributed by atoms with Crippen LogP contribution in [-0.4, -0.2) is 47.0 Å². The first kappa shape index (κ1) is 16.7. The van der Waals surface area contributed by atoms with Crippen LogP contribution in [0.4, 0.5) is 0 Å². The summed E-state index contributed by atoms with van der Waals surface area (Å²) in [5, 5.41) is 15.2. The Morgan fingerprint density at radius 1 is 1.36 bits per heavy atom. The van der Waals surface area contributed by atoms with E-state index in [1.807, 2.05) is 0 Å². The molecular weight excluding hydrogens is 280 g/mol. The molecule has 0 bridgehead atoms. The molecule has 7 heteroatoms. The van der Waals surface area contributed by atoms with Crippen molar-refractivity contribution in [3.63, 3.8) is 0 Å². The van der Waals surface area contributed by atoms with Gasteiger partial charge in [-0.1, -0.05) is 6.42 Å². The number of nitrogens with one attached hydrogen (secondary N) is 2. The number of aryl methyl sites for hydroxylation is 1. The summed E-state index contributed by atoms with van der Waals surface area (Å²) >= 11 is 0. The summed E-state index contributed by atoms with van der Waals surface area (Å²) in [4.78, 5) is 4.63. The van der Waals surface area contributed by atoms with Crippen molar-refractivity contribution in [3.8, 4) is 0 Å². The predicted molar refractivity (Wildman–Crippen MR) is 86.9 cm³/mol. The van der Waals surface area contributed by atoms with Crippen molar-refractivity contribution < 1.29 is 4.74 Å². The third-order valence-corrected chi connectivity index (χ3v) is 3.71. The molecule has 7 nitrogen and oxygen atoms in total. The van der Waals surface area contributed by atoms with Crippen LogP contribution in [0.15, 0.2) is 4.99 Å². The molecule has 0 saturated carbocycles. The summed E-state index contributed by atoms with van der Waals surface area (Å²) in [5.74, 6) is 2.85. The third kappa shape index (κ3) is 4.69. The first-order valence-corrected chi connectivity index (χ1v) is 8.19. The van der Waals surface area contributed by atoms with Crippen LogP contribution in [0.25, 0.3) is 0 Å². The van der Waals surface area contributed by atoms with E-state index in [1.54, 1.807) is 7.11 Å². The van der Waals surface area contributed by atoms with Crippen LogP contribution in [0.1, 0.15) is 44.8 Å². The van der Waals surface area contributed by atoms with Crippen molar-refractivity contribution >= 4 is 5.96 Å². The molecule has 1 aliphatic heterocycles. The lowest BCUT2D eigenvalue weighted by atomic mass is 10.2. The van der Waals surface area contributed by atoms with Crippen LogP contribution < -0.4 is 10.6 Å². The Kier molecular flexibility index (Phi) is 6.64. The van der Waals surface area contributed by atoms with Gasteiger partial charge < -0.3 is 19.9 Å². The van der Waals surface area contributed by atoms with Crippen molar-refractivity contribution in [2.75, 3.05) is 20.3 Å². The molecule has 1 aromatic heterocycles. The Balaban J connectivity index is 2.02. The van der Waals surface area contributed by atoms with E-state index in [4.69, 9.17) is 4.74 Å². The van der Waals surface area contributed by atoms with Gasteiger partial charge in [0.05, 0.1) is 6.61 Å². The molecule has 0 aromatic carbocycles. The van der Waals surface area contributed by atoms with Gasteiger partial charge >= 0.3 is 0 Å². The zero-order valence-corrected chi connectivity index (χ0v) is 13.9. The number of hydrogen-bond donors (Lipinski definition) is 2. The predicted octanol–water partition coefficient (Wildman–Crippen LogP) is 1.09. The van der Waals surface area contributed by atoms with Crippen LogP contribution in [-0.2, 0) is 24.2 Å². The van der Waals surface area contributed by atoms with Gasteiger partial charge in [-0.25, -0.2) is 4.99 Å². The molecule has 124 valence electrons. The highest BCUT2D eigenvalue weighted by Gasteiger charge is 2.14. The average Bonchev–Trinajstić information content (AvgIpc) is 2.72. The van der Waals surface area contributed by atoms with Crippen molar-refractivity contribution in [2.24, 2.45) is 4.99 Å². The minimum Gasteiger partial charge on any atom is -0.383 e. The minimum absolute atomic E-state index is 0.207. The van der Waals surface area contributed by atoms with Gasteiger partial charge in [0.15, 0.2) is 11.8 Å². The summed E-state index contributed by atoms with van der Waals surface area (Å²) in [6, 6.07) is 0.207. The maximum Gasteiger partial charge on any atom is 0.191 e. The van der Waals surface area contributed by atoms with Gasteiger partial charge in [-0.2, -0.15) is 0 Å². The fourth-order valence-corrected chi connectivity index (χ4v) is 2.66. The van der Waals surface area contributed by atoms with Gasteiger partial charge in [0.2, 0.25) is 0 Å². The van der Waals surface area contributed by atoms with Crippen LogP contribution in [0.3, 0.4) is 0 Å². The summed E-state index contributed by atoms with van der Waals surface area (Å²) in [5.41, 5.74) is 0. The number of hydrogen-bond acceptors (Lipinski definition) is 4. The zero-order chi connectivity index (χ0) is 15.8. The fourth-order valence-electron chi connectivity index (χ4n) is 2.66. The summed E-state index contributed by atoms with van der Waals surface area (Å²) in [6.45, 7) is 7.15. The Morgan fingerprint density at radius 2 is 2.23 bits per heavy atom. The number of guanidine groups is 1. The van der Waals surface area contributed by atoms with Gasteiger partial charge in [0.25, 0.3) is 0 Å². The Morgan fingerprint density at radius 3 is 3.00 bits per heavy atom. The van der Waals surface area contributed by atoms with E-state index < -0.39 is 0 Å². The van der Waals surface area contributed by atoms with E-state index in [9.17, 15) is 0 Å². The second-order valence-electron chi connectivity index (χ2n) is 5.69. The highest BCUT2D eigenvalue weighted by molar-refractivity contribution is 5.79. The lowest BCUT2D eigenvalue weighted by molar-refractivity contribution is 0.179. The lowest BCUT2D eigenvalue weighted by Crippen LogP contribution is -2.44. The Hall–Kier alpha value is -1.63. The minimum atomic E-state index is 0.207. The molecule has 0 amide bonds. The molecule has 1 unspecified atom stereocenters. The third-order valence-electron chi connectivity index (χ3n) is 3.71. The van der Waals surface area contributed by atoms with Crippen molar-refractivity contribution in [1.82, 2.24) is 25.4 Å². The molecule has 0 fully saturated rings. The SMILES string of the molecule is CCNC(=NCc1nnc2n1CCCCC2)NC(C)COC. The smallest absolute Gasteiger partial charge is 0.191 e. The summed E-state index contributed by atoms with van der Waals surface area (Å²) in [6.07, 6.45) is 4.70. The van der Waals surface area contributed by atoms with Gasteiger partial charge in [-0.15, -0.1) is 10.2 Å². The fraction of sp³-hybridized carbons (Fsp3) is 0.800. The normalized spacial score (nSPS) is 16.8. The maximum absolute atomic E-state index is 5.15. The number of aliphatic imine (C=N–C) groups is 1. The van der Waals surface area contributed by atoms with Gasteiger partial charge in [-0.3, -0.25) is 0 Å². The molecule has 0 radical (unpaired) electrons. The highest BCUT2D eigenvalue weighted by Crippen LogP contribution is 2.14. The molecular formula is C15H28N6O. The van der Waals surface area contributed by atoms with Crippen molar-refractivity contribution in [3.05, 3.63) is 11.6 Å². The number of nitrogens with zero attached hydrogens (tertiary/aromatic N) is 4. The summed E-state index contributed by atoms with van der Waals surface area (Å²) in [7, 11) is 1.70. The molecule has 22 heavy (non-hydrogen) atoms. The molecule has 2 rings (SSSR count). The van der Waals surface area contributed by atoms with Gasteiger partial charge in [-0.05, 0) is 26.7 Å². The van der Waals surface area contributed by atoms with Crippen molar-refractivity contribution in [1.29, 1.82) is 0 Å². The topological polar surface area (TPSA) is 76.4 Å². The lowest BCUT2D eigenvalue weighted by Gasteiger charge is -2.17. The van der Waals surface area contributed by atoms with Crippen LogP contribution in [0.2, 0.25) is 0 Å². The molecule has 0 aliphatic carbocycles. The molecule has 2 N–H and O–H groups in total. The molecule has 0 saturated heterocycles. The average molecular weight is 308 g/mol. The first-order chi connectivity index (χ1) is 10.7. The second-order valence-corrected chi connectivity index (χ2v) is 5.69. The zero-order valence-electron chi connectivity index (χ0n) is 13.9. The monoisotopic (exact) mass is 308 g/mol. The standard InChI is InChI=1S/C15H28N6O/c1-4-16-15(18-12(2)11-22-3)17-10-14-20-19-13-8-6-5-7-9-21(13)14/h12H,4-11H2,1-3H3,(H2,16,17,18). The van der Waals surface area contributed by atoms with E-state index in [-0.39, 0.29) is 6.04 Å². The number of rotatable bonds is 6. The molecule has 1 aliphatic rings. The van der Waals surface area contributed by atoms with E-state index in [0.717, 1.165) is 37.1 Å².